The highest BCUT2D eigenvalue weighted by molar-refractivity contribution is 6.07. The second-order valence-corrected chi connectivity index (χ2v) is 6.25. The summed E-state index contributed by atoms with van der Waals surface area (Å²) in [5, 5.41) is 3.21. The first-order chi connectivity index (χ1) is 12.7. The SMILES string of the molecule is Nc1cncc(CNc2ccc(C(=O)N3CCc4ccccc43)cn2)c1. The predicted octanol–water partition coefficient (Wildman–Crippen LogP) is 2.87. The minimum absolute atomic E-state index is 0.0194. The van der Waals surface area contributed by atoms with Gasteiger partial charge in [-0.25, -0.2) is 4.98 Å². The van der Waals surface area contributed by atoms with Crippen molar-refractivity contribution in [2.75, 3.05) is 22.5 Å². The maximum absolute atomic E-state index is 12.8. The van der Waals surface area contributed by atoms with Gasteiger partial charge in [-0.15, -0.1) is 0 Å². The van der Waals surface area contributed by atoms with Crippen molar-refractivity contribution in [1.29, 1.82) is 0 Å². The number of amides is 1. The van der Waals surface area contributed by atoms with Crippen LogP contribution in [0.2, 0.25) is 0 Å². The lowest BCUT2D eigenvalue weighted by Crippen LogP contribution is -2.28. The summed E-state index contributed by atoms with van der Waals surface area (Å²) < 4.78 is 0. The molecule has 0 saturated carbocycles. The second kappa shape index (κ2) is 6.84. The van der Waals surface area contributed by atoms with Crippen LogP contribution >= 0.6 is 0 Å². The van der Waals surface area contributed by atoms with E-state index in [2.05, 4.69) is 21.4 Å². The number of nitrogens with two attached hydrogens (primary N) is 1. The molecule has 0 unspecified atom stereocenters. The molecule has 1 aromatic carbocycles. The number of fused-ring (bicyclic) bond motifs is 1. The van der Waals surface area contributed by atoms with Crippen molar-refractivity contribution >= 4 is 23.1 Å². The zero-order chi connectivity index (χ0) is 17.9. The normalized spacial score (nSPS) is 12.7. The summed E-state index contributed by atoms with van der Waals surface area (Å²) in [6, 6.07) is 13.5. The third kappa shape index (κ3) is 3.21. The van der Waals surface area contributed by atoms with Crippen LogP contribution in [0, 0.1) is 0 Å². The van der Waals surface area contributed by atoms with Crippen LogP contribution in [0.5, 0.6) is 0 Å². The molecule has 0 aliphatic carbocycles. The molecule has 2 aromatic heterocycles. The zero-order valence-corrected chi connectivity index (χ0v) is 14.2. The van der Waals surface area contributed by atoms with Gasteiger partial charge in [0.1, 0.15) is 5.82 Å². The minimum Gasteiger partial charge on any atom is -0.397 e. The van der Waals surface area contributed by atoms with Crippen molar-refractivity contribution in [3.8, 4) is 0 Å². The van der Waals surface area contributed by atoms with Crippen molar-refractivity contribution in [2.24, 2.45) is 0 Å². The molecule has 26 heavy (non-hydrogen) atoms. The number of aromatic nitrogens is 2. The molecule has 0 spiro atoms. The molecule has 0 saturated heterocycles. The van der Waals surface area contributed by atoms with E-state index in [4.69, 9.17) is 5.73 Å². The summed E-state index contributed by atoms with van der Waals surface area (Å²) in [5.74, 6) is 0.680. The fourth-order valence-corrected chi connectivity index (χ4v) is 3.13. The van der Waals surface area contributed by atoms with Crippen LogP contribution in [-0.2, 0) is 13.0 Å². The number of nitrogens with zero attached hydrogens (tertiary/aromatic N) is 3. The summed E-state index contributed by atoms with van der Waals surface area (Å²) in [6.07, 6.45) is 5.87. The number of pyridine rings is 2. The molecule has 0 atom stereocenters. The molecule has 130 valence electrons. The van der Waals surface area contributed by atoms with Crippen LogP contribution in [0.15, 0.2) is 61.1 Å². The fraction of sp³-hybridized carbons (Fsp3) is 0.150. The van der Waals surface area contributed by atoms with Crippen LogP contribution in [0.25, 0.3) is 0 Å². The van der Waals surface area contributed by atoms with Crippen molar-refractivity contribution in [3.63, 3.8) is 0 Å². The van der Waals surface area contributed by atoms with E-state index in [0.29, 0.717) is 30.2 Å². The Morgan fingerprint density at radius 3 is 2.85 bits per heavy atom. The molecule has 1 aliphatic rings. The summed E-state index contributed by atoms with van der Waals surface area (Å²) in [5.41, 5.74) is 10.1. The van der Waals surface area contributed by atoms with Gasteiger partial charge in [-0.2, -0.15) is 0 Å². The predicted molar refractivity (Wildman–Crippen MR) is 102 cm³/mol. The number of rotatable bonds is 4. The summed E-state index contributed by atoms with van der Waals surface area (Å²) >= 11 is 0. The third-order valence-corrected chi connectivity index (χ3v) is 4.43. The molecule has 3 heterocycles. The van der Waals surface area contributed by atoms with Gasteiger partial charge in [0.2, 0.25) is 0 Å². The van der Waals surface area contributed by atoms with E-state index in [1.165, 1.54) is 5.56 Å². The van der Waals surface area contributed by atoms with Gasteiger partial charge in [0.15, 0.2) is 0 Å². The Morgan fingerprint density at radius 1 is 1.15 bits per heavy atom. The van der Waals surface area contributed by atoms with E-state index in [1.807, 2.05) is 35.2 Å². The van der Waals surface area contributed by atoms with E-state index in [-0.39, 0.29) is 5.91 Å². The van der Waals surface area contributed by atoms with Crippen LogP contribution in [-0.4, -0.2) is 22.4 Å². The van der Waals surface area contributed by atoms with Gasteiger partial charge < -0.3 is 16.0 Å². The Balaban J connectivity index is 1.44. The smallest absolute Gasteiger partial charge is 0.259 e. The van der Waals surface area contributed by atoms with Gasteiger partial charge in [-0.05, 0) is 41.8 Å². The monoisotopic (exact) mass is 345 g/mol. The summed E-state index contributed by atoms with van der Waals surface area (Å²) in [4.78, 5) is 23.0. The van der Waals surface area contributed by atoms with Gasteiger partial charge in [0.05, 0.1) is 11.3 Å². The van der Waals surface area contributed by atoms with Gasteiger partial charge in [0, 0.05) is 37.4 Å². The molecule has 1 amide bonds. The van der Waals surface area contributed by atoms with Crippen molar-refractivity contribution in [3.05, 3.63) is 77.7 Å². The number of para-hydroxylation sites is 1. The van der Waals surface area contributed by atoms with E-state index in [1.54, 1.807) is 24.7 Å². The molecule has 0 bridgehead atoms. The molecular weight excluding hydrogens is 326 g/mol. The third-order valence-electron chi connectivity index (χ3n) is 4.43. The largest absolute Gasteiger partial charge is 0.397 e. The minimum atomic E-state index is -0.0194. The number of nitrogens with one attached hydrogen (secondary N) is 1. The lowest BCUT2D eigenvalue weighted by Gasteiger charge is -2.17. The van der Waals surface area contributed by atoms with E-state index in [0.717, 1.165) is 17.7 Å². The van der Waals surface area contributed by atoms with E-state index in [9.17, 15) is 4.79 Å². The second-order valence-electron chi connectivity index (χ2n) is 6.25. The number of carbonyl (C=O) groups is 1. The Hall–Kier alpha value is -3.41. The maximum atomic E-state index is 12.8. The summed E-state index contributed by atoms with van der Waals surface area (Å²) in [7, 11) is 0. The standard InChI is InChI=1S/C20H19N5O/c21-17-9-14(10-22-13-17)11-23-19-6-5-16(12-24-19)20(26)25-8-7-15-3-1-2-4-18(15)25/h1-6,9-10,12-13H,7-8,11,21H2,(H,23,24). The fourth-order valence-electron chi connectivity index (χ4n) is 3.13. The van der Waals surface area contributed by atoms with Crippen LogP contribution in [0.3, 0.4) is 0 Å². The van der Waals surface area contributed by atoms with Crippen molar-refractivity contribution < 1.29 is 4.79 Å². The number of hydrogen-bond acceptors (Lipinski definition) is 5. The van der Waals surface area contributed by atoms with Gasteiger partial charge in [-0.1, -0.05) is 18.2 Å². The average molecular weight is 345 g/mol. The highest BCUT2D eigenvalue weighted by Gasteiger charge is 2.25. The first-order valence-electron chi connectivity index (χ1n) is 8.50. The zero-order valence-electron chi connectivity index (χ0n) is 14.2. The highest BCUT2D eigenvalue weighted by atomic mass is 16.2. The van der Waals surface area contributed by atoms with E-state index >= 15 is 0 Å². The first-order valence-corrected chi connectivity index (χ1v) is 8.50. The van der Waals surface area contributed by atoms with Crippen molar-refractivity contribution in [2.45, 2.75) is 13.0 Å². The molecule has 0 radical (unpaired) electrons. The van der Waals surface area contributed by atoms with E-state index < -0.39 is 0 Å². The Kier molecular flexibility index (Phi) is 4.23. The highest BCUT2D eigenvalue weighted by Crippen LogP contribution is 2.28. The molecule has 3 N–H and O–H groups in total. The molecule has 1 aliphatic heterocycles. The average Bonchev–Trinajstić information content (AvgIpc) is 3.10. The number of carbonyl (C=O) groups excluding carboxylic acids is 1. The number of benzene rings is 1. The number of hydrogen-bond donors (Lipinski definition) is 2. The molecule has 0 fully saturated rings. The number of nitrogen functional groups attached to an aromatic ring is 1. The topological polar surface area (TPSA) is 84.1 Å². The molecule has 3 aromatic rings. The number of anilines is 3. The maximum Gasteiger partial charge on any atom is 0.259 e. The molecule has 4 rings (SSSR count). The lowest BCUT2D eigenvalue weighted by molar-refractivity contribution is 0.0989. The van der Waals surface area contributed by atoms with Gasteiger partial charge in [0.25, 0.3) is 5.91 Å². The van der Waals surface area contributed by atoms with Crippen LogP contribution in [0.4, 0.5) is 17.2 Å². The van der Waals surface area contributed by atoms with Crippen LogP contribution < -0.4 is 16.0 Å². The molecule has 6 heteroatoms. The molecule has 6 nitrogen and oxygen atoms in total. The first kappa shape index (κ1) is 16.1. The Labute approximate surface area is 151 Å². The Bertz CT molecular complexity index is 939. The quantitative estimate of drug-likeness (QED) is 0.759. The molecular formula is C20H19N5O. The van der Waals surface area contributed by atoms with Gasteiger partial charge >= 0.3 is 0 Å². The van der Waals surface area contributed by atoms with Crippen molar-refractivity contribution in [1.82, 2.24) is 9.97 Å². The van der Waals surface area contributed by atoms with Gasteiger partial charge in [-0.3, -0.25) is 9.78 Å². The Morgan fingerprint density at radius 2 is 2.04 bits per heavy atom. The lowest BCUT2D eigenvalue weighted by atomic mass is 10.2. The van der Waals surface area contributed by atoms with Crippen LogP contribution in [0.1, 0.15) is 21.5 Å². The summed E-state index contributed by atoms with van der Waals surface area (Å²) in [6.45, 7) is 1.28.